The second-order valence-corrected chi connectivity index (χ2v) is 2.46. The van der Waals surface area contributed by atoms with Crippen molar-refractivity contribution < 1.29 is 0 Å². The molecule has 1 heterocycles. The van der Waals surface area contributed by atoms with Crippen LogP contribution in [0.1, 0.15) is 6.42 Å². The molecule has 0 bridgehead atoms. The standard InChI is InChI=1S/C6H8N2/c7-6-4-5(6)2-1-3-8-6/h1-3,5H,4,7H2. The zero-order valence-corrected chi connectivity index (χ0v) is 4.54. The van der Waals surface area contributed by atoms with Crippen LogP contribution in [0, 0.1) is 5.92 Å². The van der Waals surface area contributed by atoms with Gasteiger partial charge in [0.1, 0.15) is 5.66 Å². The molecule has 0 aromatic heterocycles. The van der Waals surface area contributed by atoms with E-state index in [1.54, 1.807) is 6.21 Å². The summed E-state index contributed by atoms with van der Waals surface area (Å²) in [6.07, 6.45) is 6.90. The van der Waals surface area contributed by atoms with E-state index < -0.39 is 0 Å². The minimum atomic E-state index is -0.172. The molecule has 2 aliphatic rings. The van der Waals surface area contributed by atoms with Crippen molar-refractivity contribution in [2.45, 2.75) is 12.1 Å². The number of rotatable bonds is 0. The van der Waals surface area contributed by atoms with E-state index in [1.165, 1.54) is 0 Å². The van der Waals surface area contributed by atoms with Crippen molar-refractivity contribution in [2.75, 3.05) is 0 Å². The van der Waals surface area contributed by atoms with E-state index in [2.05, 4.69) is 11.1 Å². The van der Waals surface area contributed by atoms with Gasteiger partial charge in [-0.15, -0.1) is 0 Å². The van der Waals surface area contributed by atoms with Gasteiger partial charge in [0, 0.05) is 12.1 Å². The highest BCUT2D eigenvalue weighted by Crippen LogP contribution is 2.44. The minimum Gasteiger partial charge on any atom is -0.307 e. The lowest BCUT2D eigenvalue weighted by molar-refractivity contribution is 0.679. The fourth-order valence-corrected chi connectivity index (χ4v) is 1.04. The van der Waals surface area contributed by atoms with Crippen molar-refractivity contribution in [3.05, 3.63) is 12.2 Å². The predicted octanol–water partition coefficient (Wildman–Crippen LogP) is 0.302. The summed E-state index contributed by atoms with van der Waals surface area (Å²) in [6.45, 7) is 0. The molecule has 2 nitrogen and oxygen atoms in total. The molecule has 2 unspecified atom stereocenters. The second kappa shape index (κ2) is 1.03. The van der Waals surface area contributed by atoms with Gasteiger partial charge in [-0.05, 0) is 12.5 Å². The molecule has 2 heteroatoms. The number of aliphatic imine (C=N–C) groups is 1. The third-order valence-electron chi connectivity index (χ3n) is 1.77. The molecule has 0 aromatic carbocycles. The van der Waals surface area contributed by atoms with Crippen LogP contribution in [0.3, 0.4) is 0 Å². The summed E-state index contributed by atoms with van der Waals surface area (Å²) in [4.78, 5) is 4.10. The van der Waals surface area contributed by atoms with Crippen LogP contribution in [0.4, 0.5) is 0 Å². The van der Waals surface area contributed by atoms with Gasteiger partial charge in [-0.3, -0.25) is 4.99 Å². The number of fused-ring (bicyclic) bond motifs is 1. The lowest BCUT2D eigenvalue weighted by atomic mass is 10.3. The van der Waals surface area contributed by atoms with Gasteiger partial charge in [-0.1, -0.05) is 6.08 Å². The molecular formula is C6H8N2. The molecular weight excluding hydrogens is 100 g/mol. The van der Waals surface area contributed by atoms with Crippen molar-refractivity contribution in [3.63, 3.8) is 0 Å². The third-order valence-corrected chi connectivity index (χ3v) is 1.77. The Labute approximate surface area is 48.1 Å². The molecule has 1 saturated carbocycles. The predicted molar refractivity (Wildman–Crippen MR) is 32.7 cm³/mol. The Hall–Kier alpha value is -0.630. The third kappa shape index (κ3) is 0.383. The normalized spacial score (nSPS) is 48.9. The first-order valence-corrected chi connectivity index (χ1v) is 2.82. The van der Waals surface area contributed by atoms with Crippen LogP contribution in [0.25, 0.3) is 0 Å². The van der Waals surface area contributed by atoms with Crippen molar-refractivity contribution >= 4 is 6.21 Å². The zero-order chi connectivity index (χ0) is 5.61. The van der Waals surface area contributed by atoms with Crippen LogP contribution in [0.5, 0.6) is 0 Å². The van der Waals surface area contributed by atoms with Crippen LogP contribution in [0.15, 0.2) is 17.1 Å². The maximum absolute atomic E-state index is 5.70. The molecule has 2 rings (SSSR count). The smallest absolute Gasteiger partial charge is 0.115 e. The van der Waals surface area contributed by atoms with E-state index in [0.717, 1.165) is 6.42 Å². The molecule has 1 aliphatic heterocycles. The summed E-state index contributed by atoms with van der Waals surface area (Å²) in [5.74, 6) is 0.549. The maximum atomic E-state index is 5.70. The van der Waals surface area contributed by atoms with E-state index in [1.807, 2.05) is 6.08 Å². The van der Waals surface area contributed by atoms with Crippen LogP contribution in [0.2, 0.25) is 0 Å². The molecule has 0 aromatic rings. The van der Waals surface area contributed by atoms with Gasteiger partial charge < -0.3 is 5.73 Å². The van der Waals surface area contributed by atoms with Gasteiger partial charge >= 0.3 is 0 Å². The second-order valence-electron chi connectivity index (χ2n) is 2.46. The average molecular weight is 108 g/mol. The largest absolute Gasteiger partial charge is 0.307 e. The number of hydrogen-bond acceptors (Lipinski definition) is 2. The molecule has 1 aliphatic carbocycles. The van der Waals surface area contributed by atoms with Gasteiger partial charge in [-0.25, -0.2) is 0 Å². The number of hydrogen-bond donors (Lipinski definition) is 1. The summed E-state index contributed by atoms with van der Waals surface area (Å²) in [5.41, 5.74) is 5.53. The van der Waals surface area contributed by atoms with E-state index in [0.29, 0.717) is 5.92 Å². The lowest BCUT2D eigenvalue weighted by Gasteiger charge is -2.03. The van der Waals surface area contributed by atoms with E-state index in [9.17, 15) is 0 Å². The number of nitrogens with zero attached hydrogens (tertiary/aromatic N) is 1. The fraction of sp³-hybridized carbons (Fsp3) is 0.500. The van der Waals surface area contributed by atoms with Crippen molar-refractivity contribution in [2.24, 2.45) is 16.6 Å². The van der Waals surface area contributed by atoms with Crippen LogP contribution >= 0.6 is 0 Å². The van der Waals surface area contributed by atoms with Gasteiger partial charge in [-0.2, -0.15) is 0 Å². The minimum absolute atomic E-state index is 0.172. The lowest BCUT2D eigenvalue weighted by Crippen LogP contribution is -2.22. The average Bonchev–Trinajstić information content (AvgIpc) is 2.39. The summed E-state index contributed by atoms with van der Waals surface area (Å²) < 4.78 is 0. The van der Waals surface area contributed by atoms with Crippen molar-refractivity contribution in [1.82, 2.24) is 0 Å². The Morgan fingerprint density at radius 3 is 3.12 bits per heavy atom. The Morgan fingerprint density at radius 2 is 2.62 bits per heavy atom. The van der Waals surface area contributed by atoms with E-state index in [4.69, 9.17) is 5.73 Å². The Kier molecular flexibility index (Phi) is 0.548. The Morgan fingerprint density at radius 1 is 1.75 bits per heavy atom. The summed E-state index contributed by atoms with van der Waals surface area (Å²) in [5, 5.41) is 0. The quantitative estimate of drug-likeness (QED) is 0.476. The maximum Gasteiger partial charge on any atom is 0.115 e. The first-order chi connectivity index (χ1) is 3.81. The summed E-state index contributed by atoms with van der Waals surface area (Å²) in [6, 6.07) is 0. The van der Waals surface area contributed by atoms with E-state index in [-0.39, 0.29) is 5.66 Å². The van der Waals surface area contributed by atoms with Gasteiger partial charge in [0.2, 0.25) is 0 Å². The monoisotopic (exact) mass is 108 g/mol. The van der Waals surface area contributed by atoms with Crippen LogP contribution in [-0.2, 0) is 0 Å². The number of nitrogens with two attached hydrogens (primary N) is 1. The molecule has 8 heavy (non-hydrogen) atoms. The molecule has 1 fully saturated rings. The van der Waals surface area contributed by atoms with Crippen molar-refractivity contribution in [1.29, 1.82) is 0 Å². The van der Waals surface area contributed by atoms with Gasteiger partial charge in [0.25, 0.3) is 0 Å². The van der Waals surface area contributed by atoms with E-state index >= 15 is 0 Å². The molecule has 0 saturated heterocycles. The molecule has 0 amide bonds. The number of allylic oxidation sites excluding steroid dienone is 1. The Balaban J connectivity index is 2.33. The summed E-state index contributed by atoms with van der Waals surface area (Å²) in [7, 11) is 0. The molecule has 2 N–H and O–H groups in total. The van der Waals surface area contributed by atoms with Gasteiger partial charge in [0.15, 0.2) is 0 Å². The molecule has 0 spiro atoms. The molecule has 42 valence electrons. The highest BCUT2D eigenvalue weighted by atomic mass is 15.1. The van der Waals surface area contributed by atoms with Crippen LogP contribution in [-0.4, -0.2) is 11.9 Å². The summed E-state index contributed by atoms with van der Waals surface area (Å²) >= 11 is 0. The van der Waals surface area contributed by atoms with Crippen LogP contribution < -0.4 is 5.73 Å². The SMILES string of the molecule is NC12CC1C=CC=N2. The number of dihydropyridines is 1. The van der Waals surface area contributed by atoms with Gasteiger partial charge in [0.05, 0.1) is 0 Å². The van der Waals surface area contributed by atoms with Crippen molar-refractivity contribution in [3.8, 4) is 0 Å². The zero-order valence-electron chi connectivity index (χ0n) is 4.54. The topological polar surface area (TPSA) is 38.4 Å². The fourth-order valence-electron chi connectivity index (χ4n) is 1.04. The highest BCUT2D eigenvalue weighted by Gasteiger charge is 2.49. The Bertz CT molecular complexity index is 171. The first kappa shape index (κ1) is 4.27. The first-order valence-electron chi connectivity index (χ1n) is 2.82. The highest BCUT2D eigenvalue weighted by molar-refractivity contribution is 5.73. The molecule has 2 atom stereocenters. The molecule has 0 radical (unpaired) electrons.